The SMILES string of the molecule is CC(C)(C)OC(=O)NC1CCC(n2c(=O)c3cc(F)cnc3n(-c3cccc(-c4cc(O)ccc4C=O)c3)c2=O)CC1. The van der Waals surface area contributed by atoms with Gasteiger partial charge in [-0.2, -0.15) is 0 Å². The molecule has 218 valence electrons. The average molecular weight is 575 g/mol. The Morgan fingerprint density at radius 1 is 1.10 bits per heavy atom. The molecule has 1 saturated carbocycles. The number of ether oxygens (including phenoxy) is 1. The smallest absolute Gasteiger partial charge is 0.407 e. The van der Waals surface area contributed by atoms with Gasteiger partial charge in [-0.25, -0.2) is 23.5 Å². The molecule has 1 fully saturated rings. The van der Waals surface area contributed by atoms with E-state index in [0.29, 0.717) is 54.3 Å². The van der Waals surface area contributed by atoms with Gasteiger partial charge in [0.05, 0.1) is 17.3 Å². The van der Waals surface area contributed by atoms with Crippen LogP contribution in [-0.4, -0.2) is 43.2 Å². The van der Waals surface area contributed by atoms with Crippen LogP contribution in [-0.2, 0) is 4.74 Å². The van der Waals surface area contributed by atoms with Gasteiger partial charge in [-0.15, -0.1) is 0 Å². The van der Waals surface area contributed by atoms with Crippen LogP contribution >= 0.6 is 0 Å². The standard InChI is InChI=1S/C31H31FN4O6/c1-31(2,3)42-29(40)34-21-8-10-22(11-9-21)36-28(39)26-14-20(32)16-33-27(26)35(30(36)41)23-6-4-5-18(13-23)25-15-24(38)12-7-19(25)17-37/h4-7,12-17,21-22,38H,8-11H2,1-3H3,(H,34,40). The van der Waals surface area contributed by atoms with Crippen molar-refractivity contribution in [2.45, 2.75) is 64.1 Å². The lowest BCUT2D eigenvalue weighted by atomic mass is 9.91. The Balaban J connectivity index is 1.56. The number of phenols is 1. The molecule has 0 saturated heterocycles. The van der Waals surface area contributed by atoms with Crippen LogP contribution in [0.25, 0.3) is 27.8 Å². The summed E-state index contributed by atoms with van der Waals surface area (Å²) in [4.78, 5) is 55.7. The molecule has 11 heteroatoms. The van der Waals surface area contributed by atoms with Crippen LogP contribution in [0.2, 0.25) is 0 Å². The number of carbonyl (C=O) groups excluding carboxylic acids is 2. The molecule has 0 atom stereocenters. The van der Waals surface area contributed by atoms with Crippen LogP contribution < -0.4 is 16.6 Å². The highest BCUT2D eigenvalue weighted by atomic mass is 19.1. The molecule has 5 rings (SSSR count). The third kappa shape index (κ3) is 5.81. The Morgan fingerprint density at radius 2 is 1.83 bits per heavy atom. The van der Waals surface area contributed by atoms with Gasteiger partial charge < -0.3 is 15.2 Å². The third-order valence-corrected chi connectivity index (χ3v) is 7.25. The summed E-state index contributed by atoms with van der Waals surface area (Å²) in [7, 11) is 0. The number of aldehydes is 1. The van der Waals surface area contributed by atoms with Crippen LogP contribution in [0.3, 0.4) is 0 Å². The summed E-state index contributed by atoms with van der Waals surface area (Å²) < 4.78 is 22.1. The van der Waals surface area contributed by atoms with Crippen LogP contribution in [0.1, 0.15) is 62.9 Å². The van der Waals surface area contributed by atoms with Crippen molar-refractivity contribution in [3.05, 3.63) is 86.9 Å². The van der Waals surface area contributed by atoms with Gasteiger partial charge in [0.2, 0.25) is 0 Å². The Labute approximate surface area is 240 Å². The van der Waals surface area contributed by atoms with E-state index in [2.05, 4.69) is 10.3 Å². The van der Waals surface area contributed by atoms with Crippen molar-refractivity contribution in [1.29, 1.82) is 0 Å². The van der Waals surface area contributed by atoms with E-state index < -0.39 is 34.8 Å². The van der Waals surface area contributed by atoms with Gasteiger partial charge in [0.25, 0.3) is 5.56 Å². The number of rotatable bonds is 5. The highest BCUT2D eigenvalue weighted by molar-refractivity contribution is 5.88. The van der Waals surface area contributed by atoms with Crippen molar-refractivity contribution >= 4 is 23.4 Å². The number of nitrogens with zero attached hydrogens (tertiary/aromatic N) is 3. The molecule has 1 aliphatic carbocycles. The summed E-state index contributed by atoms with van der Waals surface area (Å²) in [6.07, 6.45) is 2.96. The molecule has 2 aromatic carbocycles. The quantitative estimate of drug-likeness (QED) is 0.325. The molecule has 0 radical (unpaired) electrons. The number of hydrogen-bond donors (Lipinski definition) is 2. The Kier molecular flexibility index (Phi) is 7.68. The average Bonchev–Trinajstić information content (AvgIpc) is 2.93. The zero-order valence-corrected chi connectivity index (χ0v) is 23.5. The number of nitrogens with one attached hydrogen (secondary N) is 1. The topological polar surface area (TPSA) is 133 Å². The Bertz CT molecular complexity index is 1800. The molecule has 0 aliphatic heterocycles. The predicted octanol–water partition coefficient (Wildman–Crippen LogP) is 4.88. The number of hydrogen-bond acceptors (Lipinski definition) is 7. The van der Waals surface area contributed by atoms with Gasteiger partial charge in [-0.3, -0.25) is 14.2 Å². The molecule has 2 aromatic heterocycles. The number of aromatic nitrogens is 3. The number of fused-ring (bicyclic) bond motifs is 1. The lowest BCUT2D eigenvalue weighted by molar-refractivity contribution is 0.0487. The monoisotopic (exact) mass is 574 g/mol. The summed E-state index contributed by atoms with van der Waals surface area (Å²) in [5.74, 6) is -0.753. The molecule has 4 aromatic rings. The number of amides is 1. The number of carbonyl (C=O) groups is 2. The summed E-state index contributed by atoms with van der Waals surface area (Å²) in [6, 6.07) is 11.4. The van der Waals surface area contributed by atoms with E-state index in [4.69, 9.17) is 4.74 Å². The fraction of sp³-hybridized carbons (Fsp3) is 0.323. The molecule has 2 heterocycles. The molecule has 42 heavy (non-hydrogen) atoms. The lowest BCUT2D eigenvalue weighted by Gasteiger charge is -2.31. The van der Waals surface area contributed by atoms with Crippen LogP contribution in [0.15, 0.2) is 64.3 Å². The zero-order chi connectivity index (χ0) is 30.2. The van der Waals surface area contributed by atoms with Gasteiger partial charge in [0.1, 0.15) is 17.2 Å². The molecule has 0 bridgehead atoms. The van der Waals surface area contributed by atoms with Crippen LogP contribution in [0.4, 0.5) is 9.18 Å². The molecule has 10 nitrogen and oxygen atoms in total. The molecule has 1 amide bonds. The lowest BCUT2D eigenvalue weighted by Crippen LogP contribution is -2.45. The fourth-order valence-corrected chi connectivity index (χ4v) is 5.40. The maximum Gasteiger partial charge on any atom is 0.407 e. The minimum atomic E-state index is -0.717. The first-order valence-corrected chi connectivity index (χ1v) is 13.7. The molecule has 2 N–H and O–H groups in total. The Morgan fingerprint density at radius 3 is 2.52 bits per heavy atom. The minimum absolute atomic E-state index is 0.00778. The molecule has 1 aliphatic rings. The Hall–Kier alpha value is -4.80. The number of halogens is 1. The summed E-state index contributed by atoms with van der Waals surface area (Å²) in [6.45, 7) is 5.33. The van der Waals surface area contributed by atoms with E-state index in [1.165, 1.54) is 22.8 Å². The molecular weight excluding hydrogens is 543 g/mol. The predicted molar refractivity (Wildman–Crippen MR) is 155 cm³/mol. The number of benzene rings is 2. The number of alkyl carbamates (subject to hydrolysis) is 1. The van der Waals surface area contributed by atoms with Crippen molar-refractivity contribution in [2.75, 3.05) is 0 Å². The van der Waals surface area contributed by atoms with Crippen molar-refractivity contribution in [3.63, 3.8) is 0 Å². The summed E-state index contributed by atoms with van der Waals surface area (Å²) >= 11 is 0. The second kappa shape index (κ2) is 11.2. The number of pyridine rings is 1. The van der Waals surface area contributed by atoms with E-state index in [0.717, 1.165) is 16.8 Å². The zero-order valence-electron chi connectivity index (χ0n) is 23.5. The first-order chi connectivity index (χ1) is 19.9. The third-order valence-electron chi connectivity index (χ3n) is 7.25. The van der Waals surface area contributed by atoms with Gasteiger partial charge >= 0.3 is 11.8 Å². The van der Waals surface area contributed by atoms with Gasteiger partial charge in [-0.05, 0) is 94.0 Å². The van der Waals surface area contributed by atoms with Gasteiger partial charge in [-0.1, -0.05) is 12.1 Å². The maximum atomic E-state index is 14.3. The molecule has 0 spiro atoms. The van der Waals surface area contributed by atoms with Crippen molar-refractivity contribution in [3.8, 4) is 22.6 Å². The van der Waals surface area contributed by atoms with Crippen molar-refractivity contribution in [2.24, 2.45) is 0 Å². The summed E-state index contributed by atoms with van der Waals surface area (Å²) in [5.41, 5.74) is -0.257. The first kappa shape index (κ1) is 28.7. The van der Waals surface area contributed by atoms with Gasteiger partial charge in [0, 0.05) is 17.6 Å². The second-order valence-electron chi connectivity index (χ2n) is 11.4. The number of phenolic OH excluding ortho intramolecular Hbond substituents is 1. The van der Waals surface area contributed by atoms with Gasteiger partial charge in [0.15, 0.2) is 11.9 Å². The minimum Gasteiger partial charge on any atom is -0.508 e. The largest absolute Gasteiger partial charge is 0.508 e. The fourth-order valence-electron chi connectivity index (χ4n) is 5.40. The van der Waals surface area contributed by atoms with Crippen LogP contribution in [0.5, 0.6) is 5.75 Å². The first-order valence-electron chi connectivity index (χ1n) is 13.7. The normalized spacial score (nSPS) is 17.1. The summed E-state index contributed by atoms with van der Waals surface area (Å²) in [5, 5.41) is 12.8. The highest BCUT2D eigenvalue weighted by Gasteiger charge is 2.29. The van der Waals surface area contributed by atoms with E-state index in [1.807, 2.05) is 0 Å². The van der Waals surface area contributed by atoms with Crippen LogP contribution in [0, 0.1) is 5.82 Å². The maximum absolute atomic E-state index is 14.3. The number of aromatic hydroxyl groups is 1. The second-order valence-corrected chi connectivity index (χ2v) is 11.4. The van der Waals surface area contributed by atoms with Crippen molar-refractivity contribution in [1.82, 2.24) is 19.4 Å². The molecular formula is C31H31FN4O6. The van der Waals surface area contributed by atoms with E-state index in [1.54, 1.807) is 45.0 Å². The highest BCUT2D eigenvalue weighted by Crippen LogP contribution is 2.30. The molecule has 0 unspecified atom stereocenters. The van der Waals surface area contributed by atoms with E-state index in [9.17, 15) is 28.7 Å². The van der Waals surface area contributed by atoms with E-state index >= 15 is 0 Å². The van der Waals surface area contributed by atoms with E-state index in [-0.39, 0.29) is 22.8 Å². The van der Waals surface area contributed by atoms with Crippen molar-refractivity contribution < 1.29 is 23.8 Å².